The van der Waals surface area contributed by atoms with Crippen LogP contribution in [-0.4, -0.2) is 15.3 Å². The van der Waals surface area contributed by atoms with Gasteiger partial charge in [0.2, 0.25) is 0 Å². The van der Waals surface area contributed by atoms with E-state index in [0.717, 1.165) is 44.9 Å². The molecule has 0 saturated carbocycles. The normalized spacial score (nSPS) is 10.9. The summed E-state index contributed by atoms with van der Waals surface area (Å²) in [4.78, 5) is 2.08. The van der Waals surface area contributed by atoms with E-state index in [-0.39, 0.29) is 17.2 Å². The topological polar surface area (TPSA) is 73.2 Å². The van der Waals surface area contributed by atoms with Gasteiger partial charge < -0.3 is 25.0 Å². The third-order valence-electron chi connectivity index (χ3n) is 6.44. The number of phenols is 3. The lowest BCUT2D eigenvalue weighted by molar-refractivity contribution is 0.453. The molecule has 0 amide bonds. The number of para-hydroxylation sites is 2. The molecule has 0 unspecified atom stereocenters. The molecule has 0 heterocycles. The average Bonchev–Trinajstić information content (AvgIpc) is 2.82. The predicted octanol–water partition coefficient (Wildman–Crippen LogP) is 7.61. The summed E-state index contributed by atoms with van der Waals surface area (Å²) in [7, 11) is 0. The summed E-state index contributed by atoms with van der Waals surface area (Å²) >= 11 is 0. The Labute approximate surface area is 200 Å². The molecular weight excluding hydrogens is 426 g/mol. The number of nitrogens with zero attached hydrogens (tertiary/aromatic N) is 1. The lowest BCUT2D eigenvalue weighted by Crippen LogP contribution is -2.14. The SMILES string of the molecule is Cc1ccc(O)cc1Oc1ccccc1N(c1ccc(O)c(C)c1C)c1ccc(O)c(C)c1C. The molecule has 4 aromatic carbocycles. The number of aryl methyl sites for hydroxylation is 1. The number of hydrogen-bond acceptors (Lipinski definition) is 5. The minimum Gasteiger partial charge on any atom is -0.508 e. The quantitative estimate of drug-likeness (QED) is 0.289. The molecule has 4 aromatic rings. The number of ether oxygens (including phenoxy) is 1. The number of aromatic hydroxyl groups is 3. The highest BCUT2D eigenvalue weighted by atomic mass is 16.5. The van der Waals surface area contributed by atoms with E-state index >= 15 is 0 Å². The van der Waals surface area contributed by atoms with Crippen LogP contribution in [0.5, 0.6) is 28.7 Å². The smallest absolute Gasteiger partial charge is 0.151 e. The highest BCUT2D eigenvalue weighted by Crippen LogP contribution is 2.46. The van der Waals surface area contributed by atoms with Crippen molar-refractivity contribution in [2.24, 2.45) is 0 Å². The molecule has 0 radical (unpaired) electrons. The van der Waals surface area contributed by atoms with Crippen molar-refractivity contribution in [1.29, 1.82) is 0 Å². The van der Waals surface area contributed by atoms with Crippen molar-refractivity contribution in [3.63, 3.8) is 0 Å². The first-order valence-corrected chi connectivity index (χ1v) is 11.1. The van der Waals surface area contributed by atoms with Gasteiger partial charge in [-0.1, -0.05) is 18.2 Å². The van der Waals surface area contributed by atoms with Gasteiger partial charge in [-0.2, -0.15) is 0 Å². The van der Waals surface area contributed by atoms with Gasteiger partial charge >= 0.3 is 0 Å². The molecular formula is C29H29NO4. The van der Waals surface area contributed by atoms with Gasteiger partial charge in [0.1, 0.15) is 23.0 Å². The summed E-state index contributed by atoms with van der Waals surface area (Å²) < 4.78 is 6.33. The largest absolute Gasteiger partial charge is 0.508 e. The monoisotopic (exact) mass is 455 g/mol. The highest BCUT2D eigenvalue weighted by molar-refractivity contribution is 5.85. The Bertz CT molecular complexity index is 1320. The minimum absolute atomic E-state index is 0.130. The zero-order valence-corrected chi connectivity index (χ0v) is 20.0. The Morgan fingerprint density at radius 2 is 1.12 bits per heavy atom. The van der Waals surface area contributed by atoms with Crippen LogP contribution in [0.15, 0.2) is 66.7 Å². The van der Waals surface area contributed by atoms with Crippen molar-refractivity contribution in [3.05, 3.63) is 94.5 Å². The molecule has 0 saturated heterocycles. The minimum atomic E-state index is 0.130. The van der Waals surface area contributed by atoms with Crippen LogP contribution in [0, 0.1) is 34.6 Å². The standard InChI is InChI=1S/C29H29NO4/c1-17-10-11-22(31)16-29(17)34-28-9-7-6-8-25(28)30(23-12-14-26(32)20(4)18(23)2)24-13-15-27(33)21(5)19(24)3/h6-16,31-33H,1-5H3. The molecule has 0 atom stereocenters. The number of hydrogen-bond donors (Lipinski definition) is 3. The molecule has 5 nitrogen and oxygen atoms in total. The molecule has 3 N–H and O–H groups in total. The summed E-state index contributed by atoms with van der Waals surface area (Å²) in [6.07, 6.45) is 0. The van der Waals surface area contributed by atoms with Gasteiger partial charge in [-0.15, -0.1) is 0 Å². The Balaban J connectivity index is 1.97. The van der Waals surface area contributed by atoms with E-state index in [4.69, 9.17) is 4.74 Å². The maximum absolute atomic E-state index is 10.3. The first kappa shape index (κ1) is 23.1. The van der Waals surface area contributed by atoms with Crippen LogP contribution in [0.1, 0.15) is 27.8 Å². The molecule has 0 bridgehead atoms. The van der Waals surface area contributed by atoms with Crippen LogP contribution < -0.4 is 9.64 Å². The van der Waals surface area contributed by atoms with Gasteiger partial charge in [0.15, 0.2) is 5.75 Å². The molecule has 0 aliphatic rings. The van der Waals surface area contributed by atoms with Gasteiger partial charge in [-0.05, 0) is 105 Å². The van der Waals surface area contributed by atoms with Gasteiger partial charge in [-0.25, -0.2) is 0 Å². The Hall–Kier alpha value is -4.12. The van der Waals surface area contributed by atoms with Gasteiger partial charge in [0, 0.05) is 17.4 Å². The molecule has 0 aliphatic heterocycles. The summed E-state index contributed by atoms with van der Waals surface area (Å²) in [6.45, 7) is 9.65. The molecule has 0 aliphatic carbocycles. The molecule has 174 valence electrons. The average molecular weight is 456 g/mol. The highest BCUT2D eigenvalue weighted by Gasteiger charge is 2.23. The zero-order valence-electron chi connectivity index (χ0n) is 20.0. The fourth-order valence-corrected chi connectivity index (χ4v) is 4.00. The van der Waals surface area contributed by atoms with Crippen LogP contribution in [0.2, 0.25) is 0 Å². The molecule has 5 heteroatoms. The Kier molecular flexibility index (Phi) is 6.12. The number of anilines is 3. The predicted molar refractivity (Wildman–Crippen MR) is 136 cm³/mol. The third kappa shape index (κ3) is 4.13. The van der Waals surface area contributed by atoms with Crippen molar-refractivity contribution >= 4 is 17.1 Å². The second-order valence-electron chi connectivity index (χ2n) is 8.56. The molecule has 4 rings (SSSR count). The summed E-state index contributed by atoms with van der Waals surface area (Å²) in [5, 5.41) is 30.6. The first-order valence-electron chi connectivity index (χ1n) is 11.1. The molecule has 0 spiro atoms. The van der Waals surface area contributed by atoms with E-state index < -0.39 is 0 Å². The van der Waals surface area contributed by atoms with Crippen molar-refractivity contribution in [2.45, 2.75) is 34.6 Å². The fourth-order valence-electron chi connectivity index (χ4n) is 4.00. The van der Waals surface area contributed by atoms with Crippen LogP contribution >= 0.6 is 0 Å². The van der Waals surface area contributed by atoms with Crippen molar-refractivity contribution in [1.82, 2.24) is 0 Å². The number of benzene rings is 4. The summed E-state index contributed by atoms with van der Waals surface area (Å²) in [6, 6.07) is 19.9. The van der Waals surface area contributed by atoms with Crippen LogP contribution in [-0.2, 0) is 0 Å². The van der Waals surface area contributed by atoms with Crippen molar-refractivity contribution in [2.75, 3.05) is 4.90 Å². The first-order chi connectivity index (χ1) is 16.2. The molecule has 34 heavy (non-hydrogen) atoms. The van der Waals surface area contributed by atoms with Gasteiger partial charge in [-0.3, -0.25) is 0 Å². The van der Waals surface area contributed by atoms with E-state index in [1.807, 2.05) is 77.1 Å². The van der Waals surface area contributed by atoms with E-state index in [2.05, 4.69) is 4.90 Å². The maximum Gasteiger partial charge on any atom is 0.151 e. The van der Waals surface area contributed by atoms with E-state index in [0.29, 0.717) is 11.5 Å². The van der Waals surface area contributed by atoms with Gasteiger partial charge in [0.25, 0.3) is 0 Å². The van der Waals surface area contributed by atoms with Crippen LogP contribution in [0.4, 0.5) is 17.1 Å². The molecule has 0 fully saturated rings. The number of rotatable bonds is 5. The maximum atomic E-state index is 10.3. The summed E-state index contributed by atoms with van der Waals surface area (Å²) in [5.74, 6) is 1.76. The van der Waals surface area contributed by atoms with Crippen molar-refractivity contribution in [3.8, 4) is 28.7 Å². The Morgan fingerprint density at radius 3 is 1.71 bits per heavy atom. The third-order valence-corrected chi connectivity index (χ3v) is 6.44. The van der Waals surface area contributed by atoms with E-state index in [1.165, 1.54) is 0 Å². The van der Waals surface area contributed by atoms with Crippen LogP contribution in [0.3, 0.4) is 0 Å². The lowest BCUT2D eigenvalue weighted by atomic mass is 10.0. The number of phenolic OH excluding ortho intramolecular Hbond substituents is 3. The fraction of sp³-hybridized carbons (Fsp3) is 0.172. The second kappa shape index (κ2) is 9.02. The van der Waals surface area contributed by atoms with E-state index in [1.54, 1.807) is 24.3 Å². The van der Waals surface area contributed by atoms with E-state index in [9.17, 15) is 15.3 Å². The second-order valence-corrected chi connectivity index (χ2v) is 8.56. The summed E-state index contributed by atoms with van der Waals surface area (Å²) in [5.41, 5.74) is 6.87. The lowest BCUT2D eigenvalue weighted by Gasteiger charge is -2.31. The zero-order chi connectivity index (χ0) is 24.6. The van der Waals surface area contributed by atoms with Gasteiger partial charge in [0.05, 0.1) is 5.69 Å². The van der Waals surface area contributed by atoms with Crippen LogP contribution in [0.25, 0.3) is 0 Å². The van der Waals surface area contributed by atoms with Crippen molar-refractivity contribution < 1.29 is 20.1 Å². The Morgan fingerprint density at radius 1 is 0.559 bits per heavy atom. The molecule has 0 aromatic heterocycles.